The Balaban J connectivity index is 1.39. The number of nitrogens with two attached hydrogens (primary N) is 3. The van der Waals surface area contributed by atoms with E-state index in [1.807, 2.05) is 60.7 Å². The molecule has 0 bridgehead atoms. The molecule has 436 valence electrons. The van der Waals surface area contributed by atoms with Crippen LogP contribution in [0.2, 0.25) is 0 Å². The number of nitrogens with zero attached hydrogens (tertiary/aromatic N) is 2. The Bertz CT molecular complexity index is 3030. The predicted octanol–water partition coefficient (Wildman–Crippen LogP) is 2.76. The molecule has 1 heterocycles. The number of amides is 8. The van der Waals surface area contributed by atoms with E-state index in [1.54, 1.807) is 62.4 Å². The van der Waals surface area contributed by atoms with Crippen LogP contribution in [0.4, 0.5) is 11.4 Å². The fourth-order valence-electron chi connectivity index (χ4n) is 8.73. The highest BCUT2D eigenvalue weighted by Crippen LogP contribution is 2.25. The summed E-state index contributed by atoms with van der Waals surface area (Å²) in [4.78, 5) is 114. The minimum Gasteiger partial charge on any atom is -0.508 e. The fourth-order valence-corrected chi connectivity index (χ4v) is 11.1. The van der Waals surface area contributed by atoms with Gasteiger partial charge in [0.2, 0.25) is 47.3 Å². The second-order valence-corrected chi connectivity index (χ2v) is 22.8. The van der Waals surface area contributed by atoms with E-state index in [0.29, 0.717) is 35.3 Å². The molecule has 8 amide bonds. The van der Waals surface area contributed by atoms with Gasteiger partial charge in [0.05, 0.1) is 23.5 Å². The van der Waals surface area contributed by atoms with Crippen LogP contribution in [0.3, 0.4) is 0 Å². The van der Waals surface area contributed by atoms with Gasteiger partial charge in [-0.25, -0.2) is 0 Å². The first-order chi connectivity index (χ1) is 39.3. The third-order valence-electron chi connectivity index (χ3n) is 13.4. The summed E-state index contributed by atoms with van der Waals surface area (Å²) in [6, 6.07) is 24.1. The molecule has 0 aromatic heterocycles. The maximum Gasteiger partial charge on any atom is 0.244 e. The van der Waals surface area contributed by atoms with E-state index in [0.717, 1.165) is 37.9 Å². The zero-order chi connectivity index (χ0) is 59.3. The summed E-state index contributed by atoms with van der Waals surface area (Å²) in [6.45, 7) is 4.82. The third-order valence-corrected chi connectivity index (χ3v) is 15.8. The van der Waals surface area contributed by atoms with Crippen LogP contribution >= 0.6 is 21.6 Å². The predicted molar refractivity (Wildman–Crippen MR) is 315 cm³/mol. The summed E-state index contributed by atoms with van der Waals surface area (Å²) in [5.41, 5.74) is 20.8. The van der Waals surface area contributed by atoms with Crippen molar-refractivity contribution in [2.24, 2.45) is 33.3 Å². The number of benzene rings is 5. The Kier molecular flexibility index (Phi) is 24.2. The zero-order valence-electron chi connectivity index (χ0n) is 45.8. The molecule has 0 aliphatic carbocycles. The van der Waals surface area contributed by atoms with E-state index in [2.05, 4.69) is 47.4 Å². The second kappa shape index (κ2) is 31.3. The van der Waals surface area contributed by atoms with Gasteiger partial charge in [-0.2, -0.15) is 10.2 Å². The minimum atomic E-state index is -1.56. The van der Waals surface area contributed by atoms with Crippen molar-refractivity contribution in [2.45, 2.75) is 114 Å². The molecule has 5 aromatic rings. The number of hydrogen-bond acceptors (Lipinski definition) is 16. The molecule has 0 saturated carbocycles. The lowest BCUT2D eigenvalue weighted by molar-refractivity contribution is -0.136. The molecule has 5 aromatic carbocycles. The van der Waals surface area contributed by atoms with Crippen LogP contribution in [0.25, 0.3) is 10.8 Å². The van der Waals surface area contributed by atoms with Gasteiger partial charge in [-0.15, -0.1) is 0 Å². The maximum atomic E-state index is 14.9. The van der Waals surface area contributed by atoms with Crippen LogP contribution in [0.15, 0.2) is 132 Å². The summed E-state index contributed by atoms with van der Waals surface area (Å²) in [7, 11) is 2.01. The normalized spacial score (nSPS) is 21.0. The number of azo groups is 1. The van der Waals surface area contributed by atoms with Gasteiger partial charge in [-0.05, 0) is 109 Å². The van der Waals surface area contributed by atoms with Crippen molar-refractivity contribution in [3.05, 3.63) is 138 Å². The highest BCUT2D eigenvalue weighted by atomic mass is 33.1. The van der Waals surface area contributed by atoms with Crippen molar-refractivity contribution in [3.8, 4) is 5.75 Å². The van der Waals surface area contributed by atoms with Crippen molar-refractivity contribution in [2.75, 3.05) is 18.1 Å². The number of hydrogen-bond donors (Lipinski definition) is 12. The van der Waals surface area contributed by atoms with Crippen molar-refractivity contribution in [1.29, 1.82) is 0 Å². The molecular weight excluding hydrogens is 1090 g/mol. The van der Waals surface area contributed by atoms with E-state index in [9.17, 15) is 48.6 Å². The summed E-state index contributed by atoms with van der Waals surface area (Å²) in [6.07, 6.45) is -0.788. The van der Waals surface area contributed by atoms with Crippen LogP contribution in [0.5, 0.6) is 5.75 Å². The lowest BCUT2D eigenvalue weighted by Gasteiger charge is -2.29. The van der Waals surface area contributed by atoms with E-state index < -0.39 is 108 Å². The Hall–Kier alpha value is -7.90. The number of aliphatic hydroxyl groups excluding tert-OH is 1. The van der Waals surface area contributed by atoms with Gasteiger partial charge >= 0.3 is 0 Å². The zero-order valence-corrected chi connectivity index (χ0v) is 47.4. The lowest BCUT2D eigenvalue weighted by atomic mass is 10.00. The average molecular weight is 1160 g/mol. The SMILES string of the molecule is CC(C)[C@@H]1NC(=O)[C@H](CCCCN)NC(=O)[C@@H](Cc2ccc(N=Nc3ccccc3)cc2)NC(=O)[C@H](Cc2ccc(O)cc2)NC(=O)[C@@H](NC(=O)[C@H](N)Cc2ccc3ccccc3c2)CSSC[C@@H](C(=O)N[C@H](C(N)=O)[C@@H](C)O)NC1=O. The van der Waals surface area contributed by atoms with Crippen LogP contribution in [0.1, 0.15) is 56.7 Å². The number of carbonyl (C=O) groups is 8. The topological polar surface area (TPSA) is 364 Å². The van der Waals surface area contributed by atoms with Crippen LogP contribution in [-0.2, 0) is 57.6 Å². The summed E-state index contributed by atoms with van der Waals surface area (Å²) in [5, 5.41) is 49.9. The Morgan fingerprint density at radius 3 is 1.80 bits per heavy atom. The standard InChI is InChI=1S/C58H72N12O10S2/c1-33(2)49-58(80)66-48(57(79)68-50(34(3)71)51(61)73)32-82-81-31-47(65-52(74)43(60)28-37-16-21-38-11-7-8-12-39(38)27-37)56(78)64-46(30-36-19-24-42(72)25-20-36)55(77)63-45(54(76)62-44(53(75)67-49)15-9-10-26-59)29-35-17-22-41(23-18-35)70-69-40-13-5-4-6-14-40/h4-8,11-14,16-25,27,33-34,43-50,71-72H,9-10,15,26,28-32,59-60H2,1-3H3,(H2,61,73)(H,62,76)(H,63,77)(H,64,78)(H,65,74)(H,66,80)(H,67,75)(H,68,79)/t34-,43-,44+,45-,46+,47+,48+,49+,50+/m1/s1. The van der Waals surface area contributed by atoms with Gasteiger partial charge in [-0.1, -0.05) is 120 Å². The molecule has 0 unspecified atom stereocenters. The molecule has 24 heteroatoms. The number of carbonyl (C=O) groups excluding carboxylic acids is 8. The average Bonchev–Trinajstić information content (AvgIpc) is 3.62. The number of unbranched alkanes of at least 4 members (excludes halogenated alkanes) is 1. The lowest BCUT2D eigenvalue weighted by Crippen LogP contribution is -2.62. The first-order valence-corrected chi connectivity index (χ1v) is 29.4. The number of phenols is 1. The minimum absolute atomic E-state index is 0.0499. The van der Waals surface area contributed by atoms with E-state index in [-0.39, 0.29) is 49.5 Å². The molecule has 9 atom stereocenters. The van der Waals surface area contributed by atoms with Crippen molar-refractivity contribution in [3.63, 3.8) is 0 Å². The molecule has 15 N–H and O–H groups in total. The summed E-state index contributed by atoms with van der Waals surface area (Å²) >= 11 is 0. The Morgan fingerprint density at radius 1 is 0.646 bits per heavy atom. The van der Waals surface area contributed by atoms with E-state index in [1.165, 1.54) is 19.1 Å². The molecule has 6 rings (SSSR count). The van der Waals surface area contributed by atoms with Crippen molar-refractivity contribution < 1.29 is 48.6 Å². The van der Waals surface area contributed by atoms with E-state index in [4.69, 9.17) is 17.2 Å². The highest BCUT2D eigenvalue weighted by molar-refractivity contribution is 8.76. The van der Waals surface area contributed by atoms with Crippen molar-refractivity contribution >= 4 is 91.0 Å². The maximum absolute atomic E-state index is 14.9. The first kappa shape index (κ1) is 63.3. The quantitative estimate of drug-likeness (QED) is 0.0322. The Labute approximate surface area is 483 Å². The summed E-state index contributed by atoms with van der Waals surface area (Å²) in [5.74, 6) is -7.84. The largest absolute Gasteiger partial charge is 0.508 e. The fraction of sp³-hybridized carbons (Fsp3) is 0.379. The number of phenolic OH excluding ortho intramolecular Hbond substituents is 1. The van der Waals surface area contributed by atoms with Crippen molar-refractivity contribution in [1.82, 2.24) is 37.2 Å². The van der Waals surface area contributed by atoms with E-state index >= 15 is 0 Å². The molecule has 1 saturated heterocycles. The number of fused-ring (bicyclic) bond motifs is 1. The number of rotatable bonds is 19. The molecule has 0 radical (unpaired) electrons. The number of nitrogens with one attached hydrogen (secondary N) is 7. The Morgan fingerprint density at radius 2 is 1.20 bits per heavy atom. The molecule has 82 heavy (non-hydrogen) atoms. The number of primary amides is 1. The third kappa shape index (κ3) is 19.4. The van der Waals surface area contributed by atoms with Gasteiger partial charge in [0, 0.05) is 24.3 Å². The molecular formula is C58H72N12O10S2. The van der Waals surface area contributed by atoms with Crippen LogP contribution < -0.4 is 54.4 Å². The number of aliphatic hydroxyl groups is 1. The van der Waals surface area contributed by atoms with Gasteiger partial charge < -0.3 is 64.6 Å². The van der Waals surface area contributed by atoms with Gasteiger partial charge in [0.1, 0.15) is 48.0 Å². The summed E-state index contributed by atoms with van der Waals surface area (Å²) < 4.78 is 0. The van der Waals surface area contributed by atoms with Gasteiger partial charge in [0.25, 0.3) is 0 Å². The van der Waals surface area contributed by atoms with Gasteiger partial charge in [0.15, 0.2) is 0 Å². The molecule has 0 spiro atoms. The molecule has 1 fully saturated rings. The smallest absolute Gasteiger partial charge is 0.244 e. The molecule has 22 nitrogen and oxygen atoms in total. The van der Waals surface area contributed by atoms with Crippen LogP contribution in [-0.4, -0.2) is 130 Å². The van der Waals surface area contributed by atoms with Gasteiger partial charge in [-0.3, -0.25) is 38.4 Å². The molecule has 1 aliphatic rings. The highest BCUT2D eigenvalue weighted by Gasteiger charge is 2.36. The second-order valence-electron chi connectivity index (χ2n) is 20.3. The molecule has 1 aliphatic heterocycles. The first-order valence-electron chi connectivity index (χ1n) is 26.9. The van der Waals surface area contributed by atoms with Crippen LogP contribution in [0, 0.1) is 5.92 Å². The monoisotopic (exact) mass is 1160 g/mol. The number of aromatic hydroxyl groups is 1.